The van der Waals surface area contributed by atoms with E-state index >= 15 is 0 Å². The van der Waals surface area contributed by atoms with Crippen LogP contribution in [0.5, 0.6) is 5.75 Å². The summed E-state index contributed by atoms with van der Waals surface area (Å²) in [6.07, 6.45) is 1.70. The second-order valence-electron chi connectivity index (χ2n) is 6.29. The number of rotatable bonds is 7. The van der Waals surface area contributed by atoms with Crippen LogP contribution in [0.25, 0.3) is 11.5 Å². The van der Waals surface area contributed by atoms with E-state index in [1.165, 1.54) is 0 Å². The van der Waals surface area contributed by atoms with Crippen LogP contribution >= 0.6 is 11.8 Å². The Kier molecular flexibility index (Phi) is 5.82. The summed E-state index contributed by atoms with van der Waals surface area (Å²) in [7, 11) is 1.65. The molecule has 148 valence electrons. The highest BCUT2D eigenvalue weighted by molar-refractivity contribution is 7.98. The summed E-state index contributed by atoms with van der Waals surface area (Å²) in [6, 6.07) is 7.66. The summed E-state index contributed by atoms with van der Waals surface area (Å²) < 4.78 is 18.4. The van der Waals surface area contributed by atoms with Crippen molar-refractivity contribution in [2.45, 2.75) is 24.4 Å². The molecule has 9 heteroatoms. The van der Waals surface area contributed by atoms with E-state index in [-0.39, 0.29) is 0 Å². The second kappa shape index (κ2) is 8.66. The number of benzene rings is 1. The normalized spacial score (nSPS) is 14.4. The Bertz CT molecular complexity index is 903. The van der Waals surface area contributed by atoms with E-state index in [1.54, 1.807) is 25.1 Å². The molecular formula is C19H23N5O3S. The van der Waals surface area contributed by atoms with Gasteiger partial charge >= 0.3 is 0 Å². The number of oxazole rings is 1. The molecule has 0 amide bonds. The Morgan fingerprint density at radius 2 is 1.93 bits per heavy atom. The van der Waals surface area contributed by atoms with Crippen molar-refractivity contribution in [2.75, 3.05) is 38.3 Å². The lowest BCUT2D eigenvalue weighted by molar-refractivity contribution is 0.121. The lowest BCUT2D eigenvalue weighted by Crippen LogP contribution is -2.38. The van der Waals surface area contributed by atoms with Gasteiger partial charge in [-0.3, -0.25) is 4.57 Å². The molecule has 0 aliphatic carbocycles. The third kappa shape index (κ3) is 4.00. The van der Waals surface area contributed by atoms with Gasteiger partial charge in [-0.15, -0.1) is 10.2 Å². The zero-order valence-electron chi connectivity index (χ0n) is 16.0. The molecule has 0 saturated carbocycles. The molecule has 0 radical (unpaired) electrons. The van der Waals surface area contributed by atoms with Gasteiger partial charge in [-0.1, -0.05) is 11.8 Å². The lowest BCUT2D eigenvalue weighted by atomic mass is 10.2. The predicted molar refractivity (Wildman–Crippen MR) is 107 cm³/mol. The van der Waals surface area contributed by atoms with Crippen LogP contribution in [-0.2, 0) is 17.0 Å². The third-order valence-electron chi connectivity index (χ3n) is 4.55. The van der Waals surface area contributed by atoms with Crippen LogP contribution in [0.2, 0.25) is 0 Å². The van der Waals surface area contributed by atoms with E-state index in [9.17, 15) is 0 Å². The molecule has 1 aliphatic heterocycles. The van der Waals surface area contributed by atoms with Gasteiger partial charge in [0.15, 0.2) is 5.16 Å². The van der Waals surface area contributed by atoms with E-state index < -0.39 is 0 Å². The average Bonchev–Trinajstić information content (AvgIpc) is 3.39. The minimum Gasteiger partial charge on any atom is -0.497 e. The highest BCUT2D eigenvalue weighted by Gasteiger charge is 2.20. The molecule has 3 aromatic rings. The summed E-state index contributed by atoms with van der Waals surface area (Å²) >= 11 is 1.61. The van der Waals surface area contributed by atoms with Crippen LogP contribution in [0.1, 0.15) is 12.6 Å². The van der Waals surface area contributed by atoms with Crippen molar-refractivity contribution >= 4 is 17.7 Å². The number of hydrogen-bond acceptors (Lipinski definition) is 8. The van der Waals surface area contributed by atoms with Crippen LogP contribution in [-0.4, -0.2) is 53.2 Å². The molecule has 1 aliphatic rings. The molecule has 0 N–H and O–H groups in total. The Hall–Kier alpha value is -2.52. The molecule has 1 aromatic carbocycles. The summed E-state index contributed by atoms with van der Waals surface area (Å²) in [5, 5.41) is 9.67. The first-order valence-corrected chi connectivity index (χ1v) is 10.2. The molecule has 28 heavy (non-hydrogen) atoms. The zero-order valence-corrected chi connectivity index (χ0v) is 16.8. The number of anilines is 1. The smallest absolute Gasteiger partial charge is 0.228 e. The van der Waals surface area contributed by atoms with E-state index in [1.807, 2.05) is 24.3 Å². The molecule has 0 bridgehead atoms. The first kappa shape index (κ1) is 18.8. The third-order valence-corrected chi connectivity index (χ3v) is 5.55. The molecule has 0 atom stereocenters. The van der Waals surface area contributed by atoms with E-state index in [0.29, 0.717) is 11.6 Å². The standard InChI is InChI=1S/C19H23N5O3S/c1-3-24-18(23-8-10-26-11-9-23)21-22-19(24)28-13-15-12-27-17(20-15)14-4-6-16(25-2)7-5-14/h4-7,12H,3,8-11,13H2,1-2H3. The van der Waals surface area contributed by atoms with Gasteiger partial charge in [0.25, 0.3) is 0 Å². The van der Waals surface area contributed by atoms with Crippen LogP contribution in [0.3, 0.4) is 0 Å². The maximum absolute atomic E-state index is 5.64. The van der Waals surface area contributed by atoms with Gasteiger partial charge in [0.2, 0.25) is 11.8 Å². The van der Waals surface area contributed by atoms with Crippen molar-refractivity contribution in [3.63, 3.8) is 0 Å². The molecule has 3 heterocycles. The summed E-state index contributed by atoms with van der Waals surface area (Å²) in [6.45, 7) is 6.07. The largest absolute Gasteiger partial charge is 0.497 e. The molecule has 8 nitrogen and oxygen atoms in total. The van der Waals surface area contributed by atoms with Crippen LogP contribution < -0.4 is 9.64 Å². The molecule has 0 spiro atoms. The van der Waals surface area contributed by atoms with E-state index in [4.69, 9.17) is 13.9 Å². The first-order chi connectivity index (χ1) is 13.8. The molecule has 2 aromatic heterocycles. The van der Waals surface area contributed by atoms with Gasteiger partial charge in [0, 0.05) is 31.0 Å². The van der Waals surface area contributed by atoms with Gasteiger partial charge < -0.3 is 18.8 Å². The van der Waals surface area contributed by atoms with Crippen molar-refractivity contribution in [2.24, 2.45) is 0 Å². The van der Waals surface area contributed by atoms with Crippen LogP contribution in [0.15, 0.2) is 40.1 Å². The van der Waals surface area contributed by atoms with Crippen LogP contribution in [0, 0.1) is 0 Å². The minimum absolute atomic E-state index is 0.601. The molecule has 1 saturated heterocycles. The number of methoxy groups -OCH3 is 1. The Labute approximate surface area is 167 Å². The average molecular weight is 401 g/mol. The highest BCUT2D eigenvalue weighted by Crippen LogP contribution is 2.27. The molecule has 1 fully saturated rings. The van der Waals surface area contributed by atoms with Crippen molar-refractivity contribution < 1.29 is 13.9 Å². The Balaban J connectivity index is 1.43. The zero-order chi connectivity index (χ0) is 19.3. The van der Waals surface area contributed by atoms with E-state index in [2.05, 4.69) is 31.6 Å². The Morgan fingerprint density at radius 1 is 1.14 bits per heavy atom. The van der Waals surface area contributed by atoms with Gasteiger partial charge in [-0.05, 0) is 31.2 Å². The number of ether oxygens (including phenoxy) is 2. The number of hydrogen-bond donors (Lipinski definition) is 0. The van der Waals surface area contributed by atoms with Gasteiger partial charge in [-0.25, -0.2) is 4.98 Å². The molecule has 0 unspecified atom stereocenters. The van der Waals surface area contributed by atoms with Gasteiger partial charge in [-0.2, -0.15) is 0 Å². The molecule has 4 rings (SSSR count). The summed E-state index contributed by atoms with van der Waals surface area (Å²) in [5.74, 6) is 2.98. The van der Waals surface area contributed by atoms with Crippen molar-refractivity contribution in [3.8, 4) is 17.2 Å². The topological polar surface area (TPSA) is 78.4 Å². The number of aromatic nitrogens is 4. The summed E-state index contributed by atoms with van der Waals surface area (Å²) in [4.78, 5) is 6.81. The number of thioether (sulfide) groups is 1. The predicted octanol–water partition coefficient (Wildman–Crippen LogP) is 3.09. The minimum atomic E-state index is 0.601. The lowest BCUT2D eigenvalue weighted by Gasteiger charge is -2.27. The van der Waals surface area contributed by atoms with Gasteiger partial charge in [0.05, 0.1) is 26.0 Å². The van der Waals surface area contributed by atoms with Gasteiger partial charge in [0.1, 0.15) is 12.0 Å². The van der Waals surface area contributed by atoms with Crippen molar-refractivity contribution in [1.29, 1.82) is 0 Å². The SMILES string of the molecule is CCn1c(SCc2coc(-c3ccc(OC)cc3)n2)nnc1N1CCOCC1. The summed E-state index contributed by atoms with van der Waals surface area (Å²) in [5.41, 5.74) is 1.79. The highest BCUT2D eigenvalue weighted by atomic mass is 32.2. The maximum atomic E-state index is 5.64. The fourth-order valence-electron chi connectivity index (χ4n) is 3.04. The number of morpholine rings is 1. The van der Waals surface area contributed by atoms with E-state index in [0.717, 1.165) is 61.0 Å². The van der Waals surface area contributed by atoms with Crippen molar-refractivity contribution in [1.82, 2.24) is 19.7 Å². The fraction of sp³-hybridized carbons (Fsp3) is 0.421. The maximum Gasteiger partial charge on any atom is 0.228 e. The monoisotopic (exact) mass is 401 g/mol. The first-order valence-electron chi connectivity index (χ1n) is 9.26. The quantitative estimate of drug-likeness (QED) is 0.559. The number of nitrogens with zero attached hydrogens (tertiary/aromatic N) is 5. The van der Waals surface area contributed by atoms with Crippen molar-refractivity contribution in [3.05, 3.63) is 36.2 Å². The second-order valence-corrected chi connectivity index (χ2v) is 7.23. The van der Waals surface area contributed by atoms with Crippen LogP contribution in [0.4, 0.5) is 5.95 Å². The fourth-order valence-corrected chi connectivity index (χ4v) is 3.91. The molecular weight excluding hydrogens is 378 g/mol. The Morgan fingerprint density at radius 3 is 2.64 bits per heavy atom.